The Labute approximate surface area is 147 Å². The minimum Gasteiger partial charge on any atom is -0.492 e. The van der Waals surface area contributed by atoms with Gasteiger partial charge in [0.25, 0.3) is 0 Å². The number of amides is 2. The zero-order chi connectivity index (χ0) is 17.3. The first-order valence-corrected chi connectivity index (χ1v) is 8.48. The highest BCUT2D eigenvalue weighted by atomic mass is 16.5. The molecule has 0 spiro atoms. The van der Waals surface area contributed by atoms with E-state index in [1.54, 1.807) is 0 Å². The SMILES string of the molecule is O=C(NCCOc1ccc2ccccc2c1)NCCc1ccccc1. The molecule has 4 nitrogen and oxygen atoms in total. The lowest BCUT2D eigenvalue weighted by Crippen LogP contribution is -2.38. The first-order chi connectivity index (χ1) is 12.3. The van der Waals surface area contributed by atoms with Gasteiger partial charge in [-0.2, -0.15) is 0 Å². The van der Waals surface area contributed by atoms with Gasteiger partial charge in [0, 0.05) is 6.54 Å². The summed E-state index contributed by atoms with van der Waals surface area (Å²) in [6.07, 6.45) is 0.821. The van der Waals surface area contributed by atoms with E-state index in [2.05, 4.69) is 34.9 Å². The van der Waals surface area contributed by atoms with Crippen molar-refractivity contribution < 1.29 is 9.53 Å². The molecule has 128 valence electrons. The lowest BCUT2D eigenvalue weighted by Gasteiger charge is -2.10. The predicted octanol–water partition coefficient (Wildman–Crippen LogP) is 3.76. The molecule has 25 heavy (non-hydrogen) atoms. The normalized spacial score (nSPS) is 10.4. The van der Waals surface area contributed by atoms with Gasteiger partial charge < -0.3 is 15.4 Å². The molecule has 2 amide bonds. The molecular formula is C21H22N2O2. The van der Waals surface area contributed by atoms with Crippen molar-refractivity contribution in [2.45, 2.75) is 6.42 Å². The third-order valence-corrected chi connectivity index (χ3v) is 3.92. The van der Waals surface area contributed by atoms with Crippen molar-refractivity contribution >= 4 is 16.8 Å². The number of rotatable bonds is 7. The van der Waals surface area contributed by atoms with Gasteiger partial charge in [0.1, 0.15) is 12.4 Å². The number of carbonyl (C=O) groups excluding carboxylic acids is 1. The number of nitrogens with one attached hydrogen (secondary N) is 2. The molecule has 3 rings (SSSR count). The molecule has 0 unspecified atom stereocenters. The van der Waals surface area contributed by atoms with Gasteiger partial charge in [-0.15, -0.1) is 0 Å². The van der Waals surface area contributed by atoms with Gasteiger partial charge in [0.05, 0.1) is 6.54 Å². The van der Waals surface area contributed by atoms with E-state index < -0.39 is 0 Å². The quantitative estimate of drug-likeness (QED) is 0.646. The second-order valence-corrected chi connectivity index (χ2v) is 5.78. The van der Waals surface area contributed by atoms with Crippen LogP contribution >= 0.6 is 0 Å². The molecule has 0 heterocycles. The van der Waals surface area contributed by atoms with Crippen LogP contribution in [0.2, 0.25) is 0 Å². The third-order valence-electron chi connectivity index (χ3n) is 3.92. The Morgan fingerprint density at radius 2 is 1.52 bits per heavy atom. The van der Waals surface area contributed by atoms with Gasteiger partial charge in [-0.05, 0) is 34.9 Å². The summed E-state index contributed by atoms with van der Waals surface area (Å²) in [5, 5.41) is 7.98. The fourth-order valence-electron chi connectivity index (χ4n) is 2.62. The van der Waals surface area contributed by atoms with E-state index >= 15 is 0 Å². The summed E-state index contributed by atoms with van der Waals surface area (Å²) < 4.78 is 5.70. The Morgan fingerprint density at radius 3 is 2.36 bits per heavy atom. The largest absolute Gasteiger partial charge is 0.492 e. The van der Waals surface area contributed by atoms with Gasteiger partial charge >= 0.3 is 6.03 Å². The second kappa shape index (κ2) is 8.73. The first-order valence-electron chi connectivity index (χ1n) is 8.48. The Kier molecular flexibility index (Phi) is 5.88. The second-order valence-electron chi connectivity index (χ2n) is 5.78. The molecule has 0 aromatic heterocycles. The van der Waals surface area contributed by atoms with Gasteiger partial charge in [-0.3, -0.25) is 0 Å². The molecule has 0 aliphatic carbocycles. The van der Waals surface area contributed by atoms with Crippen LogP contribution in [0.3, 0.4) is 0 Å². The Morgan fingerprint density at radius 1 is 0.800 bits per heavy atom. The summed E-state index contributed by atoms with van der Waals surface area (Å²) in [6, 6.07) is 24.1. The van der Waals surface area contributed by atoms with Crippen LogP contribution in [0, 0.1) is 0 Å². The molecule has 0 saturated carbocycles. The minimum absolute atomic E-state index is 0.168. The highest BCUT2D eigenvalue weighted by Gasteiger charge is 2.01. The number of hydrogen-bond acceptors (Lipinski definition) is 2. The summed E-state index contributed by atoms with van der Waals surface area (Å²) in [7, 11) is 0. The third kappa shape index (κ3) is 5.24. The van der Waals surface area contributed by atoms with Crippen molar-refractivity contribution in [2.75, 3.05) is 19.7 Å². The number of benzene rings is 3. The Balaban J connectivity index is 1.34. The number of hydrogen-bond donors (Lipinski definition) is 2. The maximum Gasteiger partial charge on any atom is 0.314 e. The summed E-state index contributed by atoms with van der Waals surface area (Å²) in [4.78, 5) is 11.7. The van der Waals surface area contributed by atoms with Crippen molar-refractivity contribution in [3.63, 3.8) is 0 Å². The average molecular weight is 334 g/mol. The Bertz CT molecular complexity index is 818. The predicted molar refractivity (Wildman–Crippen MR) is 101 cm³/mol. The molecule has 0 saturated heterocycles. The van der Waals surface area contributed by atoms with E-state index in [1.165, 1.54) is 10.9 Å². The van der Waals surface area contributed by atoms with Crippen LogP contribution in [0.25, 0.3) is 10.8 Å². The summed E-state index contributed by atoms with van der Waals surface area (Å²) in [5.74, 6) is 0.810. The van der Waals surface area contributed by atoms with E-state index in [1.807, 2.05) is 48.5 Å². The van der Waals surface area contributed by atoms with E-state index in [4.69, 9.17) is 4.74 Å². The smallest absolute Gasteiger partial charge is 0.314 e. The van der Waals surface area contributed by atoms with Crippen LogP contribution in [0.15, 0.2) is 72.8 Å². The van der Waals surface area contributed by atoms with Crippen LogP contribution in [-0.2, 0) is 6.42 Å². The maximum atomic E-state index is 11.7. The number of fused-ring (bicyclic) bond motifs is 1. The average Bonchev–Trinajstić information content (AvgIpc) is 2.66. The van der Waals surface area contributed by atoms with E-state index in [-0.39, 0.29) is 6.03 Å². The summed E-state index contributed by atoms with van der Waals surface area (Å²) >= 11 is 0. The fraction of sp³-hybridized carbons (Fsp3) is 0.190. The molecule has 0 fully saturated rings. The molecule has 0 radical (unpaired) electrons. The molecule has 4 heteroatoms. The molecule has 2 N–H and O–H groups in total. The molecular weight excluding hydrogens is 312 g/mol. The first kappa shape index (κ1) is 16.8. The number of urea groups is 1. The van der Waals surface area contributed by atoms with Crippen molar-refractivity contribution in [1.29, 1.82) is 0 Å². The molecule has 0 bridgehead atoms. The Hall–Kier alpha value is -3.01. The minimum atomic E-state index is -0.168. The number of ether oxygens (including phenoxy) is 1. The highest BCUT2D eigenvalue weighted by Crippen LogP contribution is 2.20. The van der Waals surface area contributed by atoms with E-state index in [0.717, 1.165) is 17.6 Å². The van der Waals surface area contributed by atoms with Gasteiger partial charge in [-0.1, -0.05) is 60.7 Å². The van der Waals surface area contributed by atoms with Crippen molar-refractivity contribution in [1.82, 2.24) is 10.6 Å². The lowest BCUT2D eigenvalue weighted by molar-refractivity contribution is 0.236. The van der Waals surface area contributed by atoms with Crippen molar-refractivity contribution in [3.8, 4) is 5.75 Å². The summed E-state index contributed by atoms with van der Waals surface area (Å²) in [5.41, 5.74) is 1.21. The van der Waals surface area contributed by atoms with Crippen LogP contribution in [0.4, 0.5) is 4.79 Å². The van der Waals surface area contributed by atoms with Crippen LogP contribution in [0.1, 0.15) is 5.56 Å². The van der Waals surface area contributed by atoms with E-state index in [0.29, 0.717) is 19.7 Å². The fourth-order valence-corrected chi connectivity index (χ4v) is 2.62. The maximum absolute atomic E-state index is 11.7. The topological polar surface area (TPSA) is 50.4 Å². The zero-order valence-electron chi connectivity index (χ0n) is 14.1. The van der Waals surface area contributed by atoms with Crippen LogP contribution < -0.4 is 15.4 Å². The number of carbonyl (C=O) groups is 1. The molecule has 0 aliphatic rings. The standard InChI is InChI=1S/C21H22N2O2/c24-21(22-13-12-17-6-2-1-3-7-17)23-14-15-25-20-11-10-18-8-4-5-9-19(18)16-20/h1-11,16H,12-15H2,(H2,22,23,24). The van der Waals surface area contributed by atoms with Crippen LogP contribution in [-0.4, -0.2) is 25.7 Å². The monoisotopic (exact) mass is 334 g/mol. The zero-order valence-corrected chi connectivity index (χ0v) is 14.1. The lowest BCUT2D eigenvalue weighted by atomic mass is 10.1. The van der Waals surface area contributed by atoms with Gasteiger partial charge in [-0.25, -0.2) is 4.79 Å². The summed E-state index contributed by atoms with van der Waals surface area (Å²) in [6.45, 7) is 1.51. The van der Waals surface area contributed by atoms with Crippen LogP contribution in [0.5, 0.6) is 5.75 Å². The van der Waals surface area contributed by atoms with E-state index in [9.17, 15) is 4.79 Å². The van der Waals surface area contributed by atoms with Gasteiger partial charge in [0.2, 0.25) is 0 Å². The molecule has 3 aromatic rings. The van der Waals surface area contributed by atoms with Crippen molar-refractivity contribution in [3.05, 3.63) is 78.4 Å². The van der Waals surface area contributed by atoms with Crippen molar-refractivity contribution in [2.24, 2.45) is 0 Å². The highest BCUT2D eigenvalue weighted by molar-refractivity contribution is 5.83. The molecule has 0 atom stereocenters. The van der Waals surface area contributed by atoms with Gasteiger partial charge in [0.15, 0.2) is 0 Å². The molecule has 0 aliphatic heterocycles. The molecule has 3 aromatic carbocycles.